The third-order valence-corrected chi connectivity index (χ3v) is 14.8. The summed E-state index contributed by atoms with van der Waals surface area (Å²) >= 11 is 6.26. The van der Waals surface area contributed by atoms with Crippen molar-refractivity contribution in [3.63, 3.8) is 0 Å². The van der Waals surface area contributed by atoms with Gasteiger partial charge in [-0.25, -0.2) is 23.1 Å². The van der Waals surface area contributed by atoms with Crippen LogP contribution in [-0.2, 0) is 10.0 Å². The molecule has 15 nitrogen and oxygen atoms in total. The standard InChI is InChI=1S/C48H54ClN9O6S/c1-31(2)56-18-15-32(28-56)30-64-45-12-10-38(25-44(45)58(60)61)65(62,63)53-47(59)39-11-9-37(24-42(39)57-43-23-34-14-17-50-46(34)52-41(43)27-51-57)55-21-19-54(20-22-55)29-35-13-16-48(3,4)26-40(35)33-5-7-36(49)8-6-33/h5-12,14,17,23-25,27,31-32,51H,13,15-16,18-22,26,28-30H2,1-4H3,(H,53,59). The quantitative estimate of drug-likeness (QED) is 0.0841. The fourth-order valence-electron chi connectivity index (χ4n) is 9.45. The van der Waals surface area contributed by atoms with Crippen LogP contribution in [0.4, 0.5) is 11.4 Å². The molecule has 2 saturated heterocycles. The van der Waals surface area contributed by atoms with E-state index in [2.05, 4.69) is 74.3 Å². The molecule has 17 heteroatoms. The van der Waals surface area contributed by atoms with Crippen molar-refractivity contribution in [3.8, 4) is 11.4 Å². The van der Waals surface area contributed by atoms with Crippen molar-refractivity contribution in [1.82, 2.24) is 34.3 Å². The molecule has 65 heavy (non-hydrogen) atoms. The number of anilines is 1. The maximum Gasteiger partial charge on any atom is 0.312 e. The Labute approximate surface area is 383 Å². The summed E-state index contributed by atoms with van der Waals surface area (Å²) in [4.78, 5) is 41.5. The van der Waals surface area contributed by atoms with Crippen LogP contribution in [0, 0.1) is 21.4 Å². The van der Waals surface area contributed by atoms with E-state index in [1.165, 1.54) is 28.8 Å². The SMILES string of the molecule is CC(C)N1CCC(COc2ccc(S(=O)(=O)NC(=O)c3ccc(N4CCN(CC5=C(c6ccc(Cl)cc6)CC(C)(C)CC5)CC4)cc3-n3[nH]cc4nc5nccc5cc43)cc2[N+](=O)[O-])C1. The molecule has 3 aromatic heterocycles. The van der Waals surface area contributed by atoms with E-state index in [0.717, 1.165) is 93.7 Å². The van der Waals surface area contributed by atoms with E-state index in [-0.39, 0.29) is 29.3 Å². The lowest BCUT2D eigenvalue weighted by Gasteiger charge is -2.39. The summed E-state index contributed by atoms with van der Waals surface area (Å²) in [5.74, 6) is -0.748. The van der Waals surface area contributed by atoms with Gasteiger partial charge in [-0.1, -0.05) is 43.2 Å². The Hall–Kier alpha value is -5.81. The molecule has 1 unspecified atom stereocenters. The largest absolute Gasteiger partial charge is 0.486 e. The number of carbonyl (C=O) groups is 1. The maximum absolute atomic E-state index is 14.2. The Morgan fingerprint density at radius 2 is 1.82 bits per heavy atom. The van der Waals surface area contributed by atoms with Gasteiger partial charge in [-0.2, -0.15) is 0 Å². The van der Waals surface area contributed by atoms with Crippen LogP contribution in [-0.4, -0.2) is 107 Å². The van der Waals surface area contributed by atoms with Crippen molar-refractivity contribution in [2.24, 2.45) is 11.3 Å². The molecule has 2 aliphatic heterocycles. The highest BCUT2D eigenvalue weighted by Crippen LogP contribution is 2.43. The summed E-state index contributed by atoms with van der Waals surface area (Å²) in [5.41, 5.74) is 7.00. The minimum atomic E-state index is -4.59. The van der Waals surface area contributed by atoms with Crippen molar-refractivity contribution in [2.75, 3.05) is 57.3 Å². The first kappa shape index (κ1) is 44.4. The number of hydrogen-bond acceptors (Lipinski definition) is 11. The highest BCUT2D eigenvalue weighted by molar-refractivity contribution is 7.90. The lowest BCUT2D eigenvalue weighted by Crippen LogP contribution is -2.47. The molecular weight excluding hydrogens is 866 g/mol. The molecule has 5 heterocycles. The van der Waals surface area contributed by atoms with Crippen molar-refractivity contribution in [1.29, 1.82) is 0 Å². The second kappa shape index (κ2) is 17.9. The number of nitrogens with zero attached hydrogens (tertiary/aromatic N) is 7. The van der Waals surface area contributed by atoms with Crippen LogP contribution in [0.15, 0.2) is 95.7 Å². The van der Waals surface area contributed by atoms with Crippen LogP contribution in [0.2, 0.25) is 5.02 Å². The van der Waals surface area contributed by atoms with E-state index in [1.54, 1.807) is 23.1 Å². The number of halogens is 1. The smallest absolute Gasteiger partial charge is 0.312 e. The Kier molecular flexibility index (Phi) is 12.2. The van der Waals surface area contributed by atoms with Gasteiger partial charge in [0, 0.05) is 85.8 Å². The molecule has 1 atom stereocenters. The number of ether oxygens (including phenoxy) is 1. The zero-order chi connectivity index (χ0) is 45.6. The first-order valence-corrected chi connectivity index (χ1v) is 24.1. The van der Waals surface area contributed by atoms with Crippen molar-refractivity contribution >= 4 is 66.5 Å². The number of allylic oxidation sites excluding steroid dienone is 1. The average molecular weight is 921 g/mol. The van der Waals surface area contributed by atoms with Crippen LogP contribution in [0.5, 0.6) is 5.75 Å². The molecule has 3 aromatic carbocycles. The normalized spacial score (nSPS) is 18.6. The number of piperazine rings is 1. The lowest BCUT2D eigenvalue weighted by atomic mass is 9.72. The predicted octanol–water partition coefficient (Wildman–Crippen LogP) is 8.48. The van der Waals surface area contributed by atoms with Gasteiger partial charge in [0.2, 0.25) is 0 Å². The number of sulfonamides is 1. The van der Waals surface area contributed by atoms with E-state index in [4.69, 9.17) is 16.3 Å². The monoisotopic (exact) mass is 919 g/mol. The number of hydrogen-bond donors (Lipinski definition) is 2. The number of nitro benzene ring substituents is 1. The van der Waals surface area contributed by atoms with E-state index in [9.17, 15) is 23.3 Å². The number of nitrogens with one attached hydrogen (secondary N) is 2. The first-order chi connectivity index (χ1) is 31.1. The molecule has 0 bridgehead atoms. The summed E-state index contributed by atoms with van der Waals surface area (Å²) in [6.07, 6.45) is 7.49. The number of H-pyrrole nitrogens is 1. The van der Waals surface area contributed by atoms with Gasteiger partial charge in [-0.3, -0.25) is 29.6 Å². The van der Waals surface area contributed by atoms with Gasteiger partial charge in [0.05, 0.1) is 33.2 Å². The first-order valence-electron chi connectivity index (χ1n) is 22.2. The second-order valence-corrected chi connectivity index (χ2v) is 20.7. The third kappa shape index (κ3) is 9.48. The fraction of sp³-hybridized carbons (Fsp3) is 0.396. The molecule has 2 N–H and O–H groups in total. The molecular formula is C48H54ClN9O6S. The Bertz CT molecular complexity index is 2920. The number of likely N-dealkylation sites (tertiary alicyclic amines) is 1. The molecule has 2 fully saturated rings. The predicted molar refractivity (Wildman–Crippen MR) is 253 cm³/mol. The number of carbonyl (C=O) groups excluding carboxylic acids is 1. The van der Waals surface area contributed by atoms with Gasteiger partial charge in [-0.15, -0.1) is 0 Å². The lowest BCUT2D eigenvalue weighted by molar-refractivity contribution is -0.386. The molecule has 0 radical (unpaired) electrons. The van der Waals surface area contributed by atoms with Crippen molar-refractivity contribution in [2.45, 2.75) is 64.3 Å². The van der Waals surface area contributed by atoms with Crippen LogP contribution >= 0.6 is 11.6 Å². The molecule has 1 amide bonds. The number of fused-ring (bicyclic) bond motifs is 2. The minimum Gasteiger partial charge on any atom is -0.486 e. The molecule has 0 saturated carbocycles. The number of aromatic amines is 1. The van der Waals surface area contributed by atoms with Crippen molar-refractivity contribution in [3.05, 3.63) is 117 Å². The summed E-state index contributed by atoms with van der Waals surface area (Å²) in [6.45, 7) is 14.9. The molecule has 9 rings (SSSR count). The van der Waals surface area contributed by atoms with Crippen LogP contribution in [0.25, 0.3) is 33.3 Å². The molecule has 340 valence electrons. The molecule has 6 aromatic rings. The van der Waals surface area contributed by atoms with E-state index < -0.39 is 31.4 Å². The second-order valence-electron chi connectivity index (χ2n) is 18.6. The maximum atomic E-state index is 14.2. The molecule has 1 aliphatic carbocycles. The Morgan fingerprint density at radius 3 is 2.55 bits per heavy atom. The average Bonchev–Trinajstić information content (AvgIpc) is 4.06. The highest BCUT2D eigenvalue weighted by atomic mass is 35.5. The van der Waals surface area contributed by atoms with Gasteiger partial charge < -0.3 is 14.5 Å². The highest BCUT2D eigenvalue weighted by Gasteiger charge is 2.31. The zero-order valence-electron chi connectivity index (χ0n) is 37.1. The Morgan fingerprint density at radius 1 is 1.03 bits per heavy atom. The van der Waals surface area contributed by atoms with Crippen LogP contribution in [0.3, 0.4) is 0 Å². The number of rotatable bonds is 13. The number of pyridine rings is 1. The molecule has 3 aliphatic rings. The summed E-state index contributed by atoms with van der Waals surface area (Å²) in [7, 11) is -4.59. The van der Waals surface area contributed by atoms with Gasteiger partial charge in [0.15, 0.2) is 11.4 Å². The van der Waals surface area contributed by atoms with E-state index in [1.807, 2.05) is 36.4 Å². The molecule has 0 spiro atoms. The summed E-state index contributed by atoms with van der Waals surface area (Å²) in [6, 6.07) is 21.1. The van der Waals surface area contributed by atoms with E-state index >= 15 is 0 Å². The van der Waals surface area contributed by atoms with Gasteiger partial charge in [0.25, 0.3) is 15.9 Å². The summed E-state index contributed by atoms with van der Waals surface area (Å²) < 4.78 is 37.6. The minimum absolute atomic E-state index is 0.0300. The van der Waals surface area contributed by atoms with Gasteiger partial charge in [0.1, 0.15) is 5.52 Å². The number of amides is 1. The van der Waals surface area contributed by atoms with Gasteiger partial charge in [-0.05, 0) is 117 Å². The third-order valence-electron chi connectivity index (χ3n) is 13.2. The van der Waals surface area contributed by atoms with Crippen LogP contribution in [0.1, 0.15) is 69.3 Å². The van der Waals surface area contributed by atoms with Crippen LogP contribution < -0.4 is 14.4 Å². The van der Waals surface area contributed by atoms with Gasteiger partial charge >= 0.3 is 5.69 Å². The topological polar surface area (TPSA) is 172 Å². The number of nitro groups is 1. The zero-order valence-corrected chi connectivity index (χ0v) is 38.7. The summed E-state index contributed by atoms with van der Waals surface area (Å²) in [5, 5.41) is 17.0. The Balaban J connectivity index is 0.965. The van der Waals surface area contributed by atoms with Crippen molar-refractivity contribution < 1.29 is 22.9 Å². The number of benzene rings is 3. The van der Waals surface area contributed by atoms with E-state index in [0.29, 0.717) is 28.4 Å². The number of aromatic nitrogens is 4. The fourth-order valence-corrected chi connectivity index (χ4v) is 10.6.